The fourth-order valence-corrected chi connectivity index (χ4v) is 4.98. The minimum atomic E-state index is -3.69. The summed E-state index contributed by atoms with van der Waals surface area (Å²) in [5.41, 5.74) is 0.509. The van der Waals surface area contributed by atoms with E-state index >= 15 is 0 Å². The number of pyridine rings is 1. The zero-order valence-electron chi connectivity index (χ0n) is 19.2. The van der Waals surface area contributed by atoms with E-state index < -0.39 is 15.6 Å². The van der Waals surface area contributed by atoms with Crippen molar-refractivity contribution in [1.82, 2.24) is 9.71 Å². The number of hydrogen-bond acceptors (Lipinski definition) is 8. The quantitative estimate of drug-likeness (QED) is 0.478. The van der Waals surface area contributed by atoms with Crippen LogP contribution in [-0.4, -0.2) is 65.2 Å². The lowest BCUT2D eigenvalue weighted by Gasteiger charge is -2.35. The molecule has 0 bridgehead atoms. The second kappa shape index (κ2) is 11.9. The van der Waals surface area contributed by atoms with Gasteiger partial charge in [0.1, 0.15) is 10.5 Å². The van der Waals surface area contributed by atoms with Gasteiger partial charge in [-0.15, -0.1) is 0 Å². The van der Waals surface area contributed by atoms with E-state index in [9.17, 15) is 8.42 Å². The Kier molecular flexibility index (Phi) is 8.74. The van der Waals surface area contributed by atoms with Crippen LogP contribution in [0.5, 0.6) is 11.8 Å². The van der Waals surface area contributed by atoms with Crippen LogP contribution in [0.25, 0.3) is 0 Å². The Bertz CT molecular complexity index is 1010. The maximum atomic E-state index is 12.6. The highest BCUT2D eigenvalue weighted by Gasteiger charge is 2.41. The minimum Gasteiger partial charge on any atom is -0.477 e. The minimum absolute atomic E-state index is 0.0287. The number of sulfonamides is 1. The molecule has 34 heavy (non-hydrogen) atoms. The van der Waals surface area contributed by atoms with Gasteiger partial charge in [-0.25, -0.2) is 13.1 Å². The number of hydrogen-bond donors (Lipinski definition) is 1. The van der Waals surface area contributed by atoms with Gasteiger partial charge in [-0.1, -0.05) is 30.3 Å². The molecule has 0 saturated carbocycles. The largest absolute Gasteiger partial charge is 0.477 e. The Balaban J connectivity index is 1.17. The summed E-state index contributed by atoms with van der Waals surface area (Å²) in [5, 5.41) is 0. The van der Waals surface area contributed by atoms with Crippen molar-refractivity contribution in [2.24, 2.45) is 0 Å². The molecule has 9 nitrogen and oxygen atoms in total. The van der Waals surface area contributed by atoms with Gasteiger partial charge in [0.25, 0.3) is 0 Å². The van der Waals surface area contributed by atoms with Crippen LogP contribution in [-0.2, 0) is 30.8 Å². The lowest BCUT2D eigenvalue weighted by Crippen LogP contribution is -2.49. The predicted octanol–water partition coefficient (Wildman–Crippen LogP) is 2.69. The first-order valence-electron chi connectivity index (χ1n) is 11.7. The number of ether oxygens (including phenoxy) is 5. The summed E-state index contributed by atoms with van der Waals surface area (Å²) in [5.74, 6) is 0.406. The molecule has 1 spiro atoms. The molecular weight excluding hydrogens is 460 g/mol. The van der Waals surface area contributed by atoms with E-state index in [2.05, 4.69) is 9.71 Å². The molecule has 0 atom stereocenters. The SMILES string of the molecule is O=S1(=O)NCC2(CCOCC2)Oc2nc(OCCCOCCCOCc3ccccc3)ccc21. The molecular formula is C24H32N2O7S. The Labute approximate surface area is 200 Å². The first-order valence-corrected chi connectivity index (χ1v) is 13.1. The molecule has 10 heteroatoms. The molecule has 1 aromatic heterocycles. The van der Waals surface area contributed by atoms with Gasteiger partial charge in [-0.3, -0.25) is 0 Å². The standard InChI is InChI=1S/C24H32N2O7S/c27-34(28)21-8-9-22(26-23(21)33-24(19-25-34)10-16-30-17-11-24)32-15-5-13-29-12-4-14-31-18-20-6-2-1-3-7-20/h1-3,6-9,25H,4-5,10-19H2. The highest BCUT2D eigenvalue weighted by molar-refractivity contribution is 7.89. The van der Waals surface area contributed by atoms with Gasteiger partial charge in [-0.2, -0.15) is 4.98 Å². The van der Waals surface area contributed by atoms with Gasteiger partial charge < -0.3 is 23.7 Å². The lowest BCUT2D eigenvalue weighted by molar-refractivity contribution is -0.0445. The monoisotopic (exact) mass is 492 g/mol. The van der Waals surface area contributed by atoms with Crippen molar-refractivity contribution in [2.45, 2.75) is 42.8 Å². The Morgan fingerprint density at radius 1 is 0.941 bits per heavy atom. The average molecular weight is 493 g/mol. The summed E-state index contributed by atoms with van der Waals surface area (Å²) < 4.78 is 56.4. The number of nitrogens with zero attached hydrogens (tertiary/aromatic N) is 1. The highest BCUT2D eigenvalue weighted by atomic mass is 32.2. The molecule has 0 amide bonds. The molecule has 1 saturated heterocycles. The first kappa shape index (κ1) is 24.9. The molecule has 186 valence electrons. The zero-order chi connectivity index (χ0) is 23.7. The maximum absolute atomic E-state index is 12.6. The van der Waals surface area contributed by atoms with Crippen molar-refractivity contribution in [3.05, 3.63) is 48.0 Å². The van der Waals surface area contributed by atoms with Crippen LogP contribution in [0.1, 0.15) is 31.2 Å². The molecule has 2 aliphatic rings. The molecule has 4 rings (SSSR count). The molecule has 0 unspecified atom stereocenters. The van der Waals surface area contributed by atoms with Gasteiger partial charge in [0, 0.05) is 45.1 Å². The van der Waals surface area contributed by atoms with E-state index in [-0.39, 0.29) is 17.3 Å². The van der Waals surface area contributed by atoms with Crippen LogP contribution in [0.15, 0.2) is 47.4 Å². The van der Waals surface area contributed by atoms with Gasteiger partial charge in [0.15, 0.2) is 0 Å². The molecule has 1 aromatic carbocycles. The fraction of sp³-hybridized carbons (Fsp3) is 0.542. The molecule has 1 N–H and O–H groups in total. The van der Waals surface area contributed by atoms with Gasteiger partial charge >= 0.3 is 0 Å². The highest BCUT2D eigenvalue weighted by Crippen LogP contribution is 2.34. The molecule has 1 fully saturated rings. The number of nitrogens with one attached hydrogen (secondary N) is 1. The third kappa shape index (κ3) is 6.89. The number of fused-ring (bicyclic) bond motifs is 1. The van der Waals surface area contributed by atoms with Gasteiger partial charge in [0.05, 0.1) is 33.0 Å². The van der Waals surface area contributed by atoms with Gasteiger partial charge in [0.2, 0.25) is 21.8 Å². The summed E-state index contributed by atoms with van der Waals surface area (Å²) >= 11 is 0. The normalized spacial score (nSPS) is 18.6. The molecule has 0 radical (unpaired) electrons. The van der Waals surface area contributed by atoms with Crippen molar-refractivity contribution in [1.29, 1.82) is 0 Å². The second-order valence-electron chi connectivity index (χ2n) is 8.38. The number of benzene rings is 1. The Morgan fingerprint density at radius 2 is 1.68 bits per heavy atom. The fourth-order valence-electron chi connectivity index (χ4n) is 3.80. The van der Waals surface area contributed by atoms with Crippen LogP contribution < -0.4 is 14.2 Å². The Morgan fingerprint density at radius 3 is 2.47 bits per heavy atom. The van der Waals surface area contributed by atoms with E-state index in [0.717, 1.165) is 12.0 Å². The van der Waals surface area contributed by atoms with Crippen LogP contribution in [0, 0.1) is 0 Å². The summed E-state index contributed by atoms with van der Waals surface area (Å²) in [6.07, 6.45) is 2.70. The van der Waals surface area contributed by atoms with E-state index in [1.54, 1.807) is 6.07 Å². The third-order valence-electron chi connectivity index (χ3n) is 5.76. The summed E-state index contributed by atoms with van der Waals surface area (Å²) in [4.78, 5) is 4.38. The Hall–Kier alpha value is -2.24. The number of aromatic nitrogens is 1. The van der Waals surface area contributed by atoms with Crippen LogP contribution >= 0.6 is 0 Å². The van der Waals surface area contributed by atoms with E-state index in [1.165, 1.54) is 6.07 Å². The van der Waals surface area contributed by atoms with E-state index in [1.807, 2.05) is 30.3 Å². The van der Waals surface area contributed by atoms with Crippen LogP contribution in [0.2, 0.25) is 0 Å². The van der Waals surface area contributed by atoms with Crippen molar-refractivity contribution < 1.29 is 32.1 Å². The summed E-state index contributed by atoms with van der Waals surface area (Å²) in [6.45, 7) is 4.07. The zero-order valence-corrected chi connectivity index (χ0v) is 20.1. The van der Waals surface area contributed by atoms with Crippen LogP contribution in [0.3, 0.4) is 0 Å². The van der Waals surface area contributed by atoms with Crippen molar-refractivity contribution in [3.63, 3.8) is 0 Å². The summed E-state index contributed by atoms with van der Waals surface area (Å²) in [6, 6.07) is 13.1. The molecule has 3 heterocycles. The topological polar surface area (TPSA) is 105 Å². The maximum Gasteiger partial charge on any atom is 0.246 e. The van der Waals surface area contributed by atoms with E-state index in [0.29, 0.717) is 71.4 Å². The number of rotatable bonds is 11. The van der Waals surface area contributed by atoms with E-state index in [4.69, 9.17) is 23.7 Å². The first-order chi connectivity index (χ1) is 16.6. The lowest BCUT2D eigenvalue weighted by atomic mass is 9.94. The van der Waals surface area contributed by atoms with Gasteiger partial charge in [-0.05, 0) is 18.1 Å². The molecule has 2 aliphatic heterocycles. The smallest absolute Gasteiger partial charge is 0.246 e. The van der Waals surface area contributed by atoms with Crippen molar-refractivity contribution in [3.8, 4) is 11.8 Å². The third-order valence-corrected chi connectivity index (χ3v) is 7.18. The molecule has 2 aromatic rings. The summed E-state index contributed by atoms with van der Waals surface area (Å²) in [7, 11) is -3.69. The second-order valence-corrected chi connectivity index (χ2v) is 10.1. The van der Waals surface area contributed by atoms with Crippen molar-refractivity contribution >= 4 is 10.0 Å². The predicted molar refractivity (Wildman–Crippen MR) is 124 cm³/mol. The van der Waals surface area contributed by atoms with Crippen LogP contribution in [0.4, 0.5) is 0 Å². The van der Waals surface area contributed by atoms with Crippen molar-refractivity contribution in [2.75, 3.05) is 46.2 Å². The average Bonchev–Trinajstić information content (AvgIpc) is 2.95. The molecule has 0 aliphatic carbocycles.